The molecule has 0 aliphatic carbocycles. The van der Waals surface area contributed by atoms with E-state index >= 15 is 0 Å². The van der Waals surface area contributed by atoms with E-state index in [2.05, 4.69) is 28.7 Å². The average molecular weight is 293 g/mol. The fourth-order valence-corrected chi connectivity index (χ4v) is 2.12. The first kappa shape index (κ1) is 14.4. The summed E-state index contributed by atoms with van der Waals surface area (Å²) in [5.41, 5.74) is 7.41. The number of imidazole rings is 1. The average Bonchev–Trinajstić information content (AvgIpc) is 2.86. The van der Waals surface area contributed by atoms with Gasteiger partial charge in [-0.2, -0.15) is 0 Å². The van der Waals surface area contributed by atoms with Gasteiger partial charge in [-0.25, -0.2) is 4.98 Å². The van der Waals surface area contributed by atoms with Crippen LogP contribution in [0.15, 0.2) is 30.7 Å². The Kier molecular flexibility index (Phi) is 4.29. The zero-order chi connectivity index (χ0) is 14.7. The van der Waals surface area contributed by atoms with Crippen LogP contribution in [0.1, 0.15) is 35.9 Å². The van der Waals surface area contributed by atoms with E-state index in [0.29, 0.717) is 28.9 Å². The second-order valence-electron chi connectivity index (χ2n) is 4.80. The van der Waals surface area contributed by atoms with Crippen molar-refractivity contribution in [2.45, 2.75) is 26.4 Å². The van der Waals surface area contributed by atoms with E-state index in [0.717, 1.165) is 5.69 Å². The molecule has 0 aliphatic heterocycles. The summed E-state index contributed by atoms with van der Waals surface area (Å²) in [6, 6.07) is 5.25. The monoisotopic (exact) mass is 292 g/mol. The minimum absolute atomic E-state index is 0.335. The predicted octanol–water partition coefficient (Wildman–Crippen LogP) is 2.83. The molecule has 106 valence electrons. The molecule has 0 fully saturated rings. The van der Waals surface area contributed by atoms with Crippen molar-refractivity contribution in [2.24, 2.45) is 5.73 Å². The SMILES string of the molecule is CC(C)n1cncc1CNc1cc(C(N)=O)ccc1Cl. The van der Waals surface area contributed by atoms with Gasteiger partial charge in [-0.3, -0.25) is 4.79 Å². The molecule has 1 aromatic heterocycles. The number of carbonyl (C=O) groups is 1. The molecule has 0 saturated heterocycles. The molecule has 0 bridgehead atoms. The molecule has 3 N–H and O–H groups in total. The van der Waals surface area contributed by atoms with Crippen molar-refractivity contribution < 1.29 is 4.79 Å². The van der Waals surface area contributed by atoms with Gasteiger partial charge in [0, 0.05) is 17.8 Å². The molecule has 1 aromatic carbocycles. The van der Waals surface area contributed by atoms with Crippen LogP contribution in [0, 0.1) is 0 Å². The highest BCUT2D eigenvalue weighted by Crippen LogP contribution is 2.23. The van der Waals surface area contributed by atoms with Crippen LogP contribution in [0.2, 0.25) is 5.02 Å². The first-order valence-corrected chi connectivity index (χ1v) is 6.70. The van der Waals surface area contributed by atoms with Gasteiger partial charge in [-0.1, -0.05) is 11.6 Å². The van der Waals surface area contributed by atoms with Gasteiger partial charge in [-0.15, -0.1) is 0 Å². The third-order valence-electron chi connectivity index (χ3n) is 3.01. The Hall–Kier alpha value is -2.01. The molecule has 0 spiro atoms. The molecule has 20 heavy (non-hydrogen) atoms. The van der Waals surface area contributed by atoms with Crippen molar-refractivity contribution in [1.29, 1.82) is 0 Å². The molecule has 0 atom stereocenters. The van der Waals surface area contributed by atoms with Crippen molar-refractivity contribution in [2.75, 3.05) is 5.32 Å². The van der Waals surface area contributed by atoms with Gasteiger partial charge in [0.15, 0.2) is 0 Å². The van der Waals surface area contributed by atoms with E-state index in [-0.39, 0.29) is 0 Å². The minimum atomic E-state index is -0.475. The van der Waals surface area contributed by atoms with E-state index in [1.54, 1.807) is 30.7 Å². The number of halogens is 1. The predicted molar refractivity (Wildman–Crippen MR) is 79.9 cm³/mol. The maximum Gasteiger partial charge on any atom is 0.248 e. The quantitative estimate of drug-likeness (QED) is 0.890. The van der Waals surface area contributed by atoms with E-state index < -0.39 is 5.91 Å². The molecular formula is C14H17ClN4O. The van der Waals surface area contributed by atoms with Gasteiger partial charge in [0.2, 0.25) is 5.91 Å². The van der Waals surface area contributed by atoms with Crippen LogP contribution < -0.4 is 11.1 Å². The zero-order valence-electron chi connectivity index (χ0n) is 11.4. The summed E-state index contributed by atoms with van der Waals surface area (Å²) >= 11 is 6.11. The fourth-order valence-electron chi connectivity index (χ4n) is 1.93. The van der Waals surface area contributed by atoms with Crippen LogP contribution in [-0.4, -0.2) is 15.5 Å². The minimum Gasteiger partial charge on any atom is -0.378 e. The van der Waals surface area contributed by atoms with Crippen LogP contribution in [0.3, 0.4) is 0 Å². The summed E-state index contributed by atoms with van der Waals surface area (Å²) in [7, 11) is 0. The number of hydrogen-bond acceptors (Lipinski definition) is 3. The molecule has 2 aromatic rings. The highest BCUT2D eigenvalue weighted by atomic mass is 35.5. The Morgan fingerprint density at radius 2 is 2.25 bits per heavy atom. The fraction of sp³-hybridized carbons (Fsp3) is 0.286. The number of aromatic nitrogens is 2. The summed E-state index contributed by atoms with van der Waals surface area (Å²) in [4.78, 5) is 15.3. The Balaban J connectivity index is 2.16. The van der Waals surface area contributed by atoms with Gasteiger partial charge in [-0.05, 0) is 32.0 Å². The first-order valence-electron chi connectivity index (χ1n) is 6.33. The second kappa shape index (κ2) is 5.96. The lowest BCUT2D eigenvalue weighted by molar-refractivity contribution is 0.100. The number of primary amides is 1. The molecule has 2 rings (SSSR count). The van der Waals surface area contributed by atoms with Crippen molar-refractivity contribution in [3.8, 4) is 0 Å². The Morgan fingerprint density at radius 1 is 1.50 bits per heavy atom. The Labute approximate surface area is 122 Å². The van der Waals surface area contributed by atoms with E-state index in [1.165, 1.54) is 0 Å². The van der Waals surface area contributed by atoms with Crippen LogP contribution in [0.25, 0.3) is 0 Å². The van der Waals surface area contributed by atoms with Crippen LogP contribution >= 0.6 is 11.6 Å². The van der Waals surface area contributed by atoms with Gasteiger partial charge in [0.25, 0.3) is 0 Å². The molecule has 1 heterocycles. The van der Waals surface area contributed by atoms with Crippen molar-refractivity contribution in [3.05, 3.63) is 47.0 Å². The largest absolute Gasteiger partial charge is 0.378 e. The number of benzene rings is 1. The summed E-state index contributed by atoms with van der Waals surface area (Å²) in [6.45, 7) is 4.75. The topological polar surface area (TPSA) is 72.9 Å². The van der Waals surface area contributed by atoms with Crippen LogP contribution in [0.5, 0.6) is 0 Å². The second-order valence-corrected chi connectivity index (χ2v) is 5.21. The van der Waals surface area contributed by atoms with Gasteiger partial charge in [0.1, 0.15) is 0 Å². The standard InChI is InChI=1S/C14H17ClN4O/c1-9(2)19-8-17-6-11(19)7-18-13-5-10(14(16)20)3-4-12(13)15/h3-6,8-9,18H,7H2,1-2H3,(H2,16,20). The maximum atomic E-state index is 11.2. The maximum absolute atomic E-state index is 11.2. The summed E-state index contributed by atoms with van der Waals surface area (Å²) in [5.74, 6) is -0.475. The van der Waals surface area contributed by atoms with Crippen molar-refractivity contribution >= 4 is 23.2 Å². The number of nitrogens with zero attached hydrogens (tertiary/aromatic N) is 2. The van der Waals surface area contributed by atoms with E-state index in [4.69, 9.17) is 17.3 Å². The molecular weight excluding hydrogens is 276 g/mol. The lowest BCUT2D eigenvalue weighted by atomic mass is 10.2. The highest BCUT2D eigenvalue weighted by Gasteiger charge is 2.08. The van der Waals surface area contributed by atoms with Gasteiger partial charge >= 0.3 is 0 Å². The molecule has 0 radical (unpaired) electrons. The molecule has 6 heteroatoms. The van der Waals surface area contributed by atoms with Gasteiger partial charge < -0.3 is 15.6 Å². The summed E-state index contributed by atoms with van der Waals surface area (Å²) in [5, 5.41) is 3.75. The number of hydrogen-bond donors (Lipinski definition) is 2. The molecule has 0 saturated carbocycles. The van der Waals surface area contributed by atoms with Crippen LogP contribution in [-0.2, 0) is 6.54 Å². The number of nitrogens with one attached hydrogen (secondary N) is 1. The number of rotatable bonds is 5. The molecule has 1 amide bonds. The Bertz CT molecular complexity index is 621. The number of carbonyl (C=O) groups excluding carboxylic acids is 1. The number of amides is 1. The third kappa shape index (κ3) is 3.11. The number of anilines is 1. The molecule has 0 unspecified atom stereocenters. The lowest BCUT2D eigenvalue weighted by Crippen LogP contribution is -2.12. The normalized spacial score (nSPS) is 10.8. The van der Waals surface area contributed by atoms with Crippen molar-refractivity contribution in [1.82, 2.24) is 9.55 Å². The zero-order valence-corrected chi connectivity index (χ0v) is 12.2. The molecule has 5 nitrogen and oxygen atoms in total. The number of nitrogens with two attached hydrogens (primary N) is 1. The Morgan fingerprint density at radius 3 is 2.90 bits per heavy atom. The first-order chi connectivity index (χ1) is 9.49. The van der Waals surface area contributed by atoms with Crippen LogP contribution in [0.4, 0.5) is 5.69 Å². The third-order valence-corrected chi connectivity index (χ3v) is 3.34. The summed E-state index contributed by atoms with van der Waals surface area (Å²) < 4.78 is 2.07. The highest BCUT2D eigenvalue weighted by molar-refractivity contribution is 6.33. The van der Waals surface area contributed by atoms with Crippen molar-refractivity contribution in [3.63, 3.8) is 0 Å². The molecule has 0 aliphatic rings. The lowest BCUT2D eigenvalue weighted by Gasteiger charge is -2.14. The van der Waals surface area contributed by atoms with E-state index in [9.17, 15) is 4.79 Å². The van der Waals surface area contributed by atoms with Gasteiger partial charge in [0.05, 0.1) is 29.3 Å². The summed E-state index contributed by atoms with van der Waals surface area (Å²) in [6.07, 6.45) is 3.60. The smallest absolute Gasteiger partial charge is 0.248 e. The van der Waals surface area contributed by atoms with E-state index in [1.807, 2.05) is 0 Å².